The lowest BCUT2D eigenvalue weighted by atomic mass is 10.1. The SMILES string of the molecule is Cc1cccc(C2NC(C)C(=O)N2CC2CCCC2)c1. The van der Waals surface area contributed by atoms with Gasteiger partial charge in [-0.3, -0.25) is 10.1 Å². The average molecular weight is 272 g/mol. The number of hydrogen-bond donors (Lipinski definition) is 1. The Morgan fingerprint density at radius 2 is 2.05 bits per heavy atom. The van der Waals surface area contributed by atoms with Gasteiger partial charge in [0, 0.05) is 6.54 Å². The molecular formula is C17H24N2O. The summed E-state index contributed by atoms with van der Waals surface area (Å²) >= 11 is 0. The van der Waals surface area contributed by atoms with Crippen molar-refractivity contribution in [3.63, 3.8) is 0 Å². The van der Waals surface area contributed by atoms with Crippen LogP contribution in [0.2, 0.25) is 0 Å². The van der Waals surface area contributed by atoms with Crippen LogP contribution in [0.25, 0.3) is 0 Å². The minimum Gasteiger partial charge on any atom is -0.321 e. The van der Waals surface area contributed by atoms with Crippen LogP contribution < -0.4 is 5.32 Å². The van der Waals surface area contributed by atoms with E-state index in [1.54, 1.807) is 0 Å². The van der Waals surface area contributed by atoms with Gasteiger partial charge in [-0.2, -0.15) is 0 Å². The topological polar surface area (TPSA) is 32.3 Å². The van der Waals surface area contributed by atoms with Crippen LogP contribution in [0.15, 0.2) is 24.3 Å². The average Bonchev–Trinajstić information content (AvgIpc) is 3.03. The number of carbonyl (C=O) groups is 1. The van der Waals surface area contributed by atoms with Gasteiger partial charge in [-0.05, 0) is 38.2 Å². The first kappa shape index (κ1) is 13.6. The molecule has 1 amide bonds. The highest BCUT2D eigenvalue weighted by atomic mass is 16.2. The normalized spacial score (nSPS) is 27.5. The van der Waals surface area contributed by atoms with Crippen molar-refractivity contribution in [2.24, 2.45) is 5.92 Å². The standard InChI is InChI=1S/C17H24N2O/c1-12-6-5-9-15(10-12)16-18-13(2)17(20)19(16)11-14-7-3-4-8-14/h5-6,9-10,13-14,16,18H,3-4,7-8,11H2,1-2H3. The summed E-state index contributed by atoms with van der Waals surface area (Å²) < 4.78 is 0. The Kier molecular flexibility index (Phi) is 3.79. The lowest BCUT2D eigenvalue weighted by Crippen LogP contribution is -2.34. The first-order valence-electron chi connectivity index (χ1n) is 7.78. The Bertz CT molecular complexity index is 494. The number of benzene rings is 1. The number of hydrogen-bond acceptors (Lipinski definition) is 2. The third-order valence-electron chi connectivity index (χ3n) is 4.66. The first-order valence-corrected chi connectivity index (χ1v) is 7.78. The predicted molar refractivity (Wildman–Crippen MR) is 80.2 cm³/mol. The Labute approximate surface area is 121 Å². The van der Waals surface area contributed by atoms with Gasteiger partial charge in [-0.15, -0.1) is 0 Å². The lowest BCUT2D eigenvalue weighted by Gasteiger charge is -2.27. The van der Waals surface area contributed by atoms with Crippen LogP contribution in [0, 0.1) is 12.8 Å². The van der Waals surface area contributed by atoms with Gasteiger partial charge in [-0.25, -0.2) is 0 Å². The summed E-state index contributed by atoms with van der Waals surface area (Å²) in [5, 5.41) is 3.45. The number of carbonyl (C=O) groups excluding carboxylic acids is 1. The second-order valence-electron chi connectivity index (χ2n) is 6.35. The third-order valence-corrected chi connectivity index (χ3v) is 4.66. The summed E-state index contributed by atoms with van der Waals surface area (Å²) in [7, 11) is 0. The van der Waals surface area contributed by atoms with Crippen LogP contribution >= 0.6 is 0 Å². The van der Waals surface area contributed by atoms with E-state index in [4.69, 9.17) is 0 Å². The molecule has 1 heterocycles. The van der Waals surface area contributed by atoms with Gasteiger partial charge in [0.2, 0.25) is 5.91 Å². The molecule has 2 atom stereocenters. The fourth-order valence-corrected chi connectivity index (χ4v) is 3.56. The van der Waals surface area contributed by atoms with Crippen LogP contribution in [0.5, 0.6) is 0 Å². The molecule has 108 valence electrons. The van der Waals surface area contributed by atoms with E-state index in [9.17, 15) is 4.79 Å². The molecular weight excluding hydrogens is 248 g/mol. The molecule has 1 aromatic carbocycles. The van der Waals surface area contributed by atoms with Gasteiger partial charge in [0.1, 0.15) is 6.17 Å². The van der Waals surface area contributed by atoms with Crippen molar-refractivity contribution in [3.8, 4) is 0 Å². The van der Waals surface area contributed by atoms with Gasteiger partial charge in [0.15, 0.2) is 0 Å². The molecule has 20 heavy (non-hydrogen) atoms. The van der Waals surface area contributed by atoms with E-state index in [1.165, 1.54) is 36.8 Å². The monoisotopic (exact) mass is 272 g/mol. The number of amides is 1. The Hall–Kier alpha value is -1.35. The van der Waals surface area contributed by atoms with Gasteiger partial charge in [0.05, 0.1) is 6.04 Å². The zero-order chi connectivity index (χ0) is 14.1. The lowest BCUT2D eigenvalue weighted by molar-refractivity contribution is -0.130. The van der Waals surface area contributed by atoms with Gasteiger partial charge in [-0.1, -0.05) is 42.7 Å². The first-order chi connectivity index (χ1) is 9.65. The van der Waals surface area contributed by atoms with Crippen LogP contribution in [0.4, 0.5) is 0 Å². The third kappa shape index (κ3) is 2.59. The molecule has 0 bridgehead atoms. The second-order valence-corrected chi connectivity index (χ2v) is 6.35. The second kappa shape index (κ2) is 5.57. The zero-order valence-corrected chi connectivity index (χ0v) is 12.4. The van der Waals surface area contributed by atoms with Crippen molar-refractivity contribution in [1.29, 1.82) is 0 Å². The highest BCUT2D eigenvalue weighted by Crippen LogP contribution is 2.31. The maximum atomic E-state index is 12.4. The van der Waals surface area contributed by atoms with Crippen molar-refractivity contribution < 1.29 is 4.79 Å². The molecule has 1 N–H and O–H groups in total. The Morgan fingerprint density at radius 3 is 2.75 bits per heavy atom. The van der Waals surface area contributed by atoms with Crippen LogP contribution in [0.3, 0.4) is 0 Å². The zero-order valence-electron chi connectivity index (χ0n) is 12.4. The van der Waals surface area contributed by atoms with Crippen LogP contribution in [-0.2, 0) is 4.79 Å². The van der Waals surface area contributed by atoms with Gasteiger partial charge >= 0.3 is 0 Å². The van der Waals surface area contributed by atoms with E-state index in [0.29, 0.717) is 5.92 Å². The fourth-order valence-electron chi connectivity index (χ4n) is 3.56. The molecule has 0 radical (unpaired) electrons. The molecule has 1 aliphatic carbocycles. The molecule has 2 fully saturated rings. The quantitative estimate of drug-likeness (QED) is 0.917. The maximum absolute atomic E-state index is 12.4. The molecule has 0 aromatic heterocycles. The van der Waals surface area contributed by atoms with Gasteiger partial charge < -0.3 is 4.90 Å². The largest absolute Gasteiger partial charge is 0.321 e. The van der Waals surface area contributed by atoms with E-state index in [-0.39, 0.29) is 18.1 Å². The molecule has 3 rings (SSSR count). The van der Waals surface area contributed by atoms with Crippen molar-refractivity contribution in [2.75, 3.05) is 6.54 Å². The number of nitrogens with one attached hydrogen (secondary N) is 1. The molecule has 0 spiro atoms. The van der Waals surface area contributed by atoms with Crippen molar-refractivity contribution in [1.82, 2.24) is 10.2 Å². The van der Waals surface area contributed by atoms with E-state index < -0.39 is 0 Å². The van der Waals surface area contributed by atoms with Gasteiger partial charge in [0.25, 0.3) is 0 Å². The minimum absolute atomic E-state index is 0.0537. The smallest absolute Gasteiger partial charge is 0.241 e. The van der Waals surface area contributed by atoms with Crippen LogP contribution in [-0.4, -0.2) is 23.4 Å². The van der Waals surface area contributed by atoms with Crippen molar-refractivity contribution in [3.05, 3.63) is 35.4 Å². The number of rotatable bonds is 3. The molecule has 3 heteroatoms. The van der Waals surface area contributed by atoms with E-state index in [0.717, 1.165) is 6.54 Å². The van der Waals surface area contributed by atoms with E-state index >= 15 is 0 Å². The molecule has 3 nitrogen and oxygen atoms in total. The molecule has 1 aromatic rings. The number of aryl methyl sites for hydroxylation is 1. The molecule has 1 saturated carbocycles. The molecule has 1 saturated heterocycles. The van der Waals surface area contributed by atoms with E-state index in [2.05, 4.69) is 41.4 Å². The van der Waals surface area contributed by atoms with Crippen molar-refractivity contribution in [2.45, 2.75) is 51.7 Å². The fraction of sp³-hybridized carbons (Fsp3) is 0.588. The van der Waals surface area contributed by atoms with E-state index in [1.807, 2.05) is 6.92 Å². The predicted octanol–water partition coefficient (Wildman–Crippen LogP) is 3.00. The highest BCUT2D eigenvalue weighted by Gasteiger charge is 2.38. The Morgan fingerprint density at radius 1 is 1.30 bits per heavy atom. The Balaban J connectivity index is 1.81. The summed E-state index contributed by atoms with van der Waals surface area (Å²) in [4.78, 5) is 14.5. The molecule has 1 aliphatic heterocycles. The molecule has 2 aliphatic rings. The summed E-state index contributed by atoms with van der Waals surface area (Å²) in [6.07, 6.45) is 5.26. The summed E-state index contributed by atoms with van der Waals surface area (Å²) in [5.74, 6) is 0.946. The summed E-state index contributed by atoms with van der Waals surface area (Å²) in [6, 6.07) is 8.42. The highest BCUT2D eigenvalue weighted by molar-refractivity contribution is 5.84. The minimum atomic E-state index is -0.0677. The summed E-state index contributed by atoms with van der Waals surface area (Å²) in [5.41, 5.74) is 2.46. The molecule has 2 unspecified atom stereocenters. The van der Waals surface area contributed by atoms with Crippen molar-refractivity contribution >= 4 is 5.91 Å². The maximum Gasteiger partial charge on any atom is 0.241 e. The number of nitrogens with zero attached hydrogens (tertiary/aromatic N) is 1. The summed E-state index contributed by atoms with van der Waals surface area (Å²) in [6.45, 7) is 4.99. The van der Waals surface area contributed by atoms with Crippen LogP contribution in [0.1, 0.15) is 49.9 Å².